The van der Waals surface area contributed by atoms with Crippen LogP contribution in [0.3, 0.4) is 0 Å². The molecular weight excluding hydrogens is 222 g/mol. The minimum atomic E-state index is -0.197. The van der Waals surface area contributed by atoms with Crippen LogP contribution in [0.5, 0.6) is 0 Å². The van der Waals surface area contributed by atoms with Crippen LogP contribution >= 0.6 is 0 Å². The van der Waals surface area contributed by atoms with E-state index in [1.807, 2.05) is 0 Å². The van der Waals surface area contributed by atoms with Crippen LogP contribution in [0.4, 0.5) is 0 Å². The van der Waals surface area contributed by atoms with Gasteiger partial charge in [-0.3, -0.25) is 0 Å². The van der Waals surface area contributed by atoms with Crippen molar-refractivity contribution >= 4 is 0 Å². The van der Waals surface area contributed by atoms with Gasteiger partial charge in [0.25, 0.3) is 0 Å². The second-order valence-corrected chi connectivity index (χ2v) is 5.71. The van der Waals surface area contributed by atoms with Crippen molar-refractivity contribution in [3.8, 4) is 0 Å². The van der Waals surface area contributed by atoms with Gasteiger partial charge >= 0.3 is 0 Å². The van der Waals surface area contributed by atoms with Gasteiger partial charge in [-0.2, -0.15) is 0 Å². The third-order valence-corrected chi connectivity index (χ3v) is 3.94. The highest BCUT2D eigenvalue weighted by molar-refractivity contribution is 5.24. The van der Waals surface area contributed by atoms with Crippen LogP contribution in [0.2, 0.25) is 0 Å². The van der Waals surface area contributed by atoms with Crippen molar-refractivity contribution < 1.29 is 5.11 Å². The Hall–Kier alpha value is -0.860. The van der Waals surface area contributed by atoms with E-state index in [0.29, 0.717) is 12.0 Å². The summed E-state index contributed by atoms with van der Waals surface area (Å²) in [5, 5.41) is 13.5. The molecule has 2 unspecified atom stereocenters. The molecule has 0 amide bonds. The lowest BCUT2D eigenvalue weighted by Gasteiger charge is -2.18. The molecular formula is C16H25NO. The lowest BCUT2D eigenvalue weighted by Crippen LogP contribution is -2.34. The van der Waals surface area contributed by atoms with Crippen molar-refractivity contribution in [2.24, 2.45) is 0 Å². The van der Waals surface area contributed by atoms with Gasteiger partial charge in [-0.25, -0.2) is 0 Å². The molecule has 2 N–H and O–H groups in total. The van der Waals surface area contributed by atoms with E-state index >= 15 is 0 Å². The Morgan fingerprint density at radius 1 is 1.28 bits per heavy atom. The lowest BCUT2D eigenvalue weighted by atomic mass is 9.98. The Balaban J connectivity index is 1.82. The fraction of sp³-hybridized carbons (Fsp3) is 0.625. The summed E-state index contributed by atoms with van der Waals surface area (Å²) in [5.41, 5.74) is 2.72. The zero-order chi connectivity index (χ0) is 13.0. The van der Waals surface area contributed by atoms with Crippen LogP contribution in [0, 0.1) is 0 Å². The summed E-state index contributed by atoms with van der Waals surface area (Å²) in [4.78, 5) is 0. The minimum Gasteiger partial charge on any atom is -0.391 e. The molecule has 0 saturated carbocycles. The quantitative estimate of drug-likeness (QED) is 0.838. The van der Waals surface area contributed by atoms with Gasteiger partial charge in [-0.1, -0.05) is 38.1 Å². The first-order valence-electron chi connectivity index (χ1n) is 7.17. The largest absolute Gasteiger partial charge is 0.391 e. The van der Waals surface area contributed by atoms with Crippen LogP contribution in [-0.2, 0) is 6.42 Å². The monoisotopic (exact) mass is 247 g/mol. The fourth-order valence-corrected chi connectivity index (χ4v) is 2.62. The van der Waals surface area contributed by atoms with E-state index in [2.05, 4.69) is 43.4 Å². The second-order valence-electron chi connectivity index (χ2n) is 5.71. The summed E-state index contributed by atoms with van der Waals surface area (Å²) in [7, 11) is 0. The fourth-order valence-electron chi connectivity index (χ4n) is 2.62. The van der Waals surface area contributed by atoms with E-state index in [-0.39, 0.29) is 6.10 Å². The Labute approximate surface area is 110 Å². The van der Waals surface area contributed by atoms with Gasteiger partial charge in [0.2, 0.25) is 0 Å². The van der Waals surface area contributed by atoms with E-state index in [1.165, 1.54) is 17.5 Å². The number of aryl methyl sites for hydroxylation is 1. The van der Waals surface area contributed by atoms with Crippen molar-refractivity contribution in [3.05, 3.63) is 35.4 Å². The molecule has 1 aliphatic rings. The van der Waals surface area contributed by atoms with Crippen LogP contribution in [0.15, 0.2) is 24.3 Å². The van der Waals surface area contributed by atoms with Crippen LogP contribution < -0.4 is 5.32 Å². The molecule has 1 heterocycles. The molecule has 1 aliphatic heterocycles. The zero-order valence-electron chi connectivity index (χ0n) is 11.5. The molecule has 0 bridgehead atoms. The second kappa shape index (κ2) is 6.35. The van der Waals surface area contributed by atoms with E-state index in [0.717, 1.165) is 25.8 Å². The Morgan fingerprint density at radius 3 is 2.56 bits per heavy atom. The third kappa shape index (κ3) is 3.56. The van der Waals surface area contributed by atoms with Gasteiger partial charge in [-0.05, 0) is 49.3 Å². The Kier molecular flexibility index (Phi) is 4.79. The van der Waals surface area contributed by atoms with E-state index < -0.39 is 0 Å². The summed E-state index contributed by atoms with van der Waals surface area (Å²) < 4.78 is 0. The summed E-state index contributed by atoms with van der Waals surface area (Å²) >= 11 is 0. The number of benzene rings is 1. The summed E-state index contributed by atoms with van der Waals surface area (Å²) in [6.45, 7) is 5.49. The van der Waals surface area contributed by atoms with Crippen molar-refractivity contribution in [1.82, 2.24) is 5.32 Å². The van der Waals surface area contributed by atoms with Crippen molar-refractivity contribution in [3.63, 3.8) is 0 Å². The highest BCUT2D eigenvalue weighted by Crippen LogP contribution is 2.17. The first-order valence-corrected chi connectivity index (χ1v) is 7.17. The molecule has 1 aromatic carbocycles. The Bertz CT molecular complexity index is 352. The number of aliphatic hydroxyl groups is 1. The molecule has 0 spiro atoms. The average Bonchev–Trinajstić information content (AvgIpc) is 2.90. The number of hydrogen-bond donors (Lipinski definition) is 2. The van der Waals surface area contributed by atoms with E-state index in [9.17, 15) is 5.11 Å². The summed E-state index contributed by atoms with van der Waals surface area (Å²) in [6.07, 6.45) is 3.95. The van der Waals surface area contributed by atoms with Crippen molar-refractivity contribution in [1.29, 1.82) is 0 Å². The van der Waals surface area contributed by atoms with Crippen molar-refractivity contribution in [2.75, 3.05) is 6.54 Å². The molecule has 18 heavy (non-hydrogen) atoms. The average molecular weight is 247 g/mol. The minimum absolute atomic E-state index is 0.197. The predicted molar refractivity (Wildman–Crippen MR) is 75.9 cm³/mol. The highest BCUT2D eigenvalue weighted by atomic mass is 16.3. The standard InChI is InChI=1S/C16H25NO/c1-12(2)14-8-5-13(6-9-14)7-10-16(18)15-4-3-11-17-15/h5-6,8-9,12,15-18H,3-4,7,10-11H2,1-2H3. The molecule has 2 rings (SSSR count). The molecule has 0 aliphatic carbocycles. The third-order valence-electron chi connectivity index (χ3n) is 3.94. The molecule has 1 aromatic rings. The number of aliphatic hydroxyl groups excluding tert-OH is 1. The maximum atomic E-state index is 10.1. The van der Waals surface area contributed by atoms with Gasteiger partial charge in [0.15, 0.2) is 0 Å². The van der Waals surface area contributed by atoms with Crippen LogP contribution in [0.25, 0.3) is 0 Å². The smallest absolute Gasteiger partial charge is 0.0696 e. The number of hydrogen-bond acceptors (Lipinski definition) is 2. The van der Waals surface area contributed by atoms with Gasteiger partial charge in [0, 0.05) is 6.04 Å². The zero-order valence-corrected chi connectivity index (χ0v) is 11.5. The molecule has 2 nitrogen and oxygen atoms in total. The van der Waals surface area contributed by atoms with E-state index in [4.69, 9.17) is 0 Å². The highest BCUT2D eigenvalue weighted by Gasteiger charge is 2.21. The van der Waals surface area contributed by atoms with Crippen molar-refractivity contribution in [2.45, 2.75) is 57.6 Å². The van der Waals surface area contributed by atoms with Gasteiger partial charge in [0.1, 0.15) is 0 Å². The first kappa shape index (κ1) is 13.6. The maximum absolute atomic E-state index is 10.1. The predicted octanol–water partition coefficient (Wildman–Crippen LogP) is 2.86. The topological polar surface area (TPSA) is 32.3 Å². The van der Waals surface area contributed by atoms with Gasteiger partial charge in [0.05, 0.1) is 6.10 Å². The molecule has 0 radical (unpaired) electrons. The number of rotatable bonds is 5. The molecule has 1 saturated heterocycles. The molecule has 100 valence electrons. The normalized spacial score (nSPS) is 21.4. The van der Waals surface area contributed by atoms with E-state index in [1.54, 1.807) is 0 Å². The summed E-state index contributed by atoms with van der Waals surface area (Å²) in [5.74, 6) is 0.590. The Morgan fingerprint density at radius 2 is 2.00 bits per heavy atom. The number of nitrogens with one attached hydrogen (secondary N) is 1. The molecule has 2 atom stereocenters. The lowest BCUT2D eigenvalue weighted by molar-refractivity contribution is 0.127. The summed E-state index contributed by atoms with van der Waals surface area (Å²) in [6, 6.07) is 9.13. The SMILES string of the molecule is CC(C)c1ccc(CCC(O)C2CCCN2)cc1. The molecule has 2 heteroatoms. The molecule has 0 aromatic heterocycles. The maximum Gasteiger partial charge on any atom is 0.0696 e. The first-order chi connectivity index (χ1) is 8.66. The van der Waals surface area contributed by atoms with Crippen LogP contribution in [0.1, 0.15) is 50.2 Å². The molecule has 1 fully saturated rings. The van der Waals surface area contributed by atoms with Crippen LogP contribution in [-0.4, -0.2) is 23.8 Å². The van der Waals surface area contributed by atoms with Gasteiger partial charge < -0.3 is 10.4 Å². The van der Waals surface area contributed by atoms with Gasteiger partial charge in [-0.15, -0.1) is 0 Å².